The Kier molecular flexibility index (Phi) is 4.30. The van der Waals surface area contributed by atoms with Crippen molar-refractivity contribution in [1.29, 1.82) is 0 Å². The van der Waals surface area contributed by atoms with Gasteiger partial charge < -0.3 is 16.5 Å². The number of nitrogens with two attached hydrogens (primary N) is 2. The minimum absolute atomic E-state index is 0.361. The van der Waals surface area contributed by atoms with E-state index in [9.17, 15) is 9.59 Å². The van der Waals surface area contributed by atoms with Crippen LogP contribution >= 0.6 is 0 Å². The second kappa shape index (κ2) is 6.33. The summed E-state index contributed by atoms with van der Waals surface area (Å²) in [5, 5.41) is 0. The highest BCUT2D eigenvalue weighted by Gasteiger charge is 2.02. The van der Waals surface area contributed by atoms with Crippen molar-refractivity contribution in [3.63, 3.8) is 0 Å². The van der Waals surface area contributed by atoms with Crippen LogP contribution in [0, 0.1) is 0 Å². The zero-order valence-electron chi connectivity index (χ0n) is 11.1. The molecular weight excluding hydrogens is 268 g/mol. The molecule has 1 heterocycles. The Morgan fingerprint density at radius 2 is 1.38 bits per heavy atom. The molecular formula is C15H14N4O2. The lowest BCUT2D eigenvalue weighted by molar-refractivity contribution is 0.0988. The number of nitrogens with zero attached hydrogens (tertiary/aromatic N) is 1. The number of primary amides is 2. The van der Waals surface area contributed by atoms with Gasteiger partial charge in [-0.1, -0.05) is 12.1 Å². The molecule has 21 heavy (non-hydrogen) atoms. The minimum Gasteiger partial charge on any atom is -0.366 e. The molecule has 0 saturated heterocycles. The molecule has 0 radical (unpaired) electrons. The second-order valence-electron chi connectivity index (χ2n) is 4.23. The van der Waals surface area contributed by atoms with Gasteiger partial charge in [-0.25, -0.2) is 4.98 Å². The highest BCUT2D eigenvalue weighted by atomic mass is 16.1. The number of aromatic amines is 1. The van der Waals surface area contributed by atoms with Crippen molar-refractivity contribution in [3.05, 3.63) is 66.0 Å². The summed E-state index contributed by atoms with van der Waals surface area (Å²) in [5.41, 5.74) is 12.8. The summed E-state index contributed by atoms with van der Waals surface area (Å²) in [7, 11) is 0. The highest BCUT2D eigenvalue weighted by molar-refractivity contribution is 5.96. The third-order valence-electron chi connectivity index (χ3n) is 2.78. The monoisotopic (exact) mass is 282 g/mol. The Hall–Kier alpha value is -3.15. The van der Waals surface area contributed by atoms with E-state index in [4.69, 9.17) is 11.5 Å². The molecule has 0 fully saturated rings. The molecule has 3 rings (SSSR count). The first-order valence-corrected chi connectivity index (χ1v) is 6.15. The Morgan fingerprint density at radius 1 is 0.857 bits per heavy atom. The lowest BCUT2D eigenvalue weighted by Gasteiger charge is -1.96. The number of hydrogen-bond donors (Lipinski definition) is 3. The molecule has 0 spiro atoms. The number of aromatic nitrogens is 2. The summed E-state index contributed by atoms with van der Waals surface area (Å²) in [6, 6.07) is 13.8. The van der Waals surface area contributed by atoms with Gasteiger partial charge in [-0.15, -0.1) is 0 Å². The number of benzene rings is 2. The van der Waals surface area contributed by atoms with E-state index in [0.717, 1.165) is 11.0 Å². The predicted octanol–water partition coefficient (Wildman–Crippen LogP) is 1.45. The number of rotatable bonds is 2. The van der Waals surface area contributed by atoms with Crippen LogP contribution in [0.4, 0.5) is 0 Å². The van der Waals surface area contributed by atoms with E-state index in [1.165, 1.54) is 24.3 Å². The van der Waals surface area contributed by atoms with E-state index >= 15 is 0 Å². The normalized spacial score (nSPS) is 9.71. The van der Waals surface area contributed by atoms with Crippen LogP contribution < -0.4 is 11.5 Å². The van der Waals surface area contributed by atoms with E-state index in [-0.39, 0.29) is 0 Å². The number of fused-ring (bicyclic) bond motifs is 1. The average Bonchev–Trinajstić information content (AvgIpc) is 2.96. The second-order valence-corrected chi connectivity index (χ2v) is 4.23. The maximum Gasteiger partial charge on any atom is 0.248 e. The third kappa shape index (κ3) is 3.66. The van der Waals surface area contributed by atoms with Gasteiger partial charge in [0.2, 0.25) is 11.8 Å². The third-order valence-corrected chi connectivity index (χ3v) is 2.78. The molecule has 0 bridgehead atoms. The molecule has 1 aromatic heterocycles. The molecule has 0 saturated carbocycles. The minimum atomic E-state index is -0.522. The molecule has 6 heteroatoms. The summed E-state index contributed by atoms with van der Waals surface area (Å²) in [4.78, 5) is 28.2. The van der Waals surface area contributed by atoms with Crippen LogP contribution in [0.25, 0.3) is 11.0 Å². The predicted molar refractivity (Wildman–Crippen MR) is 79.6 cm³/mol. The van der Waals surface area contributed by atoms with Crippen molar-refractivity contribution in [2.75, 3.05) is 0 Å². The summed E-state index contributed by atoms with van der Waals surface area (Å²) < 4.78 is 0. The van der Waals surface area contributed by atoms with Crippen molar-refractivity contribution < 1.29 is 9.59 Å². The molecule has 0 aliphatic carbocycles. The number of para-hydroxylation sites is 2. The molecule has 106 valence electrons. The summed E-state index contributed by atoms with van der Waals surface area (Å²) in [5.74, 6) is -1.04. The van der Waals surface area contributed by atoms with Gasteiger partial charge in [-0.3, -0.25) is 9.59 Å². The fourth-order valence-electron chi connectivity index (χ4n) is 1.68. The molecule has 6 nitrogen and oxygen atoms in total. The zero-order chi connectivity index (χ0) is 15.2. The van der Waals surface area contributed by atoms with Crippen LogP contribution in [0.5, 0.6) is 0 Å². The van der Waals surface area contributed by atoms with E-state index in [1.54, 1.807) is 6.33 Å². The Balaban J connectivity index is 0.000000159. The first-order valence-electron chi connectivity index (χ1n) is 6.15. The number of carbonyl (C=O) groups is 2. The van der Waals surface area contributed by atoms with Crippen molar-refractivity contribution in [2.24, 2.45) is 11.5 Å². The number of hydrogen-bond acceptors (Lipinski definition) is 3. The molecule has 2 aromatic carbocycles. The smallest absolute Gasteiger partial charge is 0.248 e. The Labute approximate surface area is 120 Å². The maximum atomic E-state index is 10.6. The van der Waals surface area contributed by atoms with Crippen LogP contribution in [-0.4, -0.2) is 21.8 Å². The molecule has 0 unspecified atom stereocenters. The number of amides is 2. The van der Waals surface area contributed by atoms with E-state index < -0.39 is 11.8 Å². The number of nitrogens with one attached hydrogen (secondary N) is 1. The van der Waals surface area contributed by atoms with Crippen LogP contribution in [0.15, 0.2) is 54.9 Å². The lowest BCUT2D eigenvalue weighted by atomic mass is 10.1. The molecule has 3 aromatic rings. The van der Waals surface area contributed by atoms with Crippen molar-refractivity contribution >= 4 is 22.8 Å². The lowest BCUT2D eigenvalue weighted by Crippen LogP contribution is -2.13. The maximum absolute atomic E-state index is 10.6. The molecule has 0 aliphatic heterocycles. The summed E-state index contributed by atoms with van der Waals surface area (Å²) in [6.07, 6.45) is 1.70. The van der Waals surface area contributed by atoms with Gasteiger partial charge in [-0.05, 0) is 36.4 Å². The van der Waals surface area contributed by atoms with Gasteiger partial charge in [-0.2, -0.15) is 0 Å². The first-order chi connectivity index (χ1) is 10.1. The van der Waals surface area contributed by atoms with Gasteiger partial charge in [0.25, 0.3) is 0 Å². The van der Waals surface area contributed by atoms with Crippen molar-refractivity contribution in [2.45, 2.75) is 0 Å². The SMILES string of the molecule is NC(=O)c1ccc(C(N)=O)cc1.c1ccc2[nH]cnc2c1. The molecule has 5 N–H and O–H groups in total. The van der Waals surface area contributed by atoms with Crippen LogP contribution in [0.1, 0.15) is 20.7 Å². The van der Waals surface area contributed by atoms with Gasteiger partial charge in [0, 0.05) is 11.1 Å². The quantitative estimate of drug-likeness (QED) is 0.660. The van der Waals surface area contributed by atoms with Gasteiger partial charge in [0.1, 0.15) is 0 Å². The van der Waals surface area contributed by atoms with Crippen LogP contribution in [-0.2, 0) is 0 Å². The van der Waals surface area contributed by atoms with Gasteiger partial charge in [0.05, 0.1) is 17.4 Å². The number of H-pyrrole nitrogens is 1. The zero-order valence-corrected chi connectivity index (χ0v) is 11.1. The van der Waals surface area contributed by atoms with Crippen LogP contribution in [0.2, 0.25) is 0 Å². The van der Waals surface area contributed by atoms with Gasteiger partial charge in [0.15, 0.2) is 0 Å². The Bertz CT molecular complexity index is 699. The summed E-state index contributed by atoms with van der Waals surface area (Å²) in [6.45, 7) is 0. The fraction of sp³-hybridized carbons (Fsp3) is 0. The molecule has 2 amide bonds. The fourth-order valence-corrected chi connectivity index (χ4v) is 1.68. The molecule has 0 aliphatic rings. The standard InChI is InChI=1S/C8H8N2O2.C7H6N2/c9-7(11)5-1-2-6(4-3-5)8(10)12;1-2-4-7-6(3-1)8-5-9-7/h1-4H,(H2,9,11)(H2,10,12);1-5H,(H,8,9). The first kappa shape index (κ1) is 14.3. The Morgan fingerprint density at radius 3 is 1.86 bits per heavy atom. The van der Waals surface area contributed by atoms with E-state index in [1.807, 2.05) is 24.3 Å². The van der Waals surface area contributed by atoms with E-state index in [0.29, 0.717) is 11.1 Å². The van der Waals surface area contributed by atoms with Gasteiger partial charge >= 0.3 is 0 Å². The van der Waals surface area contributed by atoms with Crippen molar-refractivity contribution in [1.82, 2.24) is 9.97 Å². The average molecular weight is 282 g/mol. The number of imidazole rings is 1. The van der Waals surface area contributed by atoms with Crippen LogP contribution in [0.3, 0.4) is 0 Å². The van der Waals surface area contributed by atoms with Crippen molar-refractivity contribution in [3.8, 4) is 0 Å². The number of carbonyl (C=O) groups excluding carboxylic acids is 2. The molecule has 0 atom stereocenters. The highest BCUT2D eigenvalue weighted by Crippen LogP contribution is 2.05. The largest absolute Gasteiger partial charge is 0.366 e. The topological polar surface area (TPSA) is 115 Å². The van der Waals surface area contributed by atoms with E-state index in [2.05, 4.69) is 9.97 Å². The summed E-state index contributed by atoms with van der Waals surface area (Å²) >= 11 is 0.